The highest BCUT2D eigenvalue weighted by Gasteiger charge is 2.31. The topological polar surface area (TPSA) is 35.6 Å². The zero-order chi connectivity index (χ0) is 19.5. The van der Waals surface area contributed by atoms with Crippen molar-refractivity contribution in [3.8, 4) is 11.1 Å². The van der Waals surface area contributed by atoms with Crippen LogP contribution in [-0.4, -0.2) is 24.9 Å². The third-order valence-corrected chi connectivity index (χ3v) is 5.53. The molecule has 0 aromatic heterocycles. The molecule has 0 saturated heterocycles. The number of anilines is 1. The highest BCUT2D eigenvalue weighted by Crippen LogP contribution is 2.42. The van der Waals surface area contributed by atoms with Crippen molar-refractivity contribution in [3.05, 3.63) is 95.4 Å². The van der Waals surface area contributed by atoms with Crippen molar-refractivity contribution in [2.24, 2.45) is 0 Å². The van der Waals surface area contributed by atoms with Crippen molar-refractivity contribution in [3.63, 3.8) is 0 Å². The molecule has 1 heterocycles. The summed E-state index contributed by atoms with van der Waals surface area (Å²) in [5.74, 6) is -0.0176. The number of benzene rings is 3. The van der Waals surface area contributed by atoms with Gasteiger partial charge in [-0.15, -0.1) is 0 Å². The minimum atomic E-state index is -0.0176. The SMILES string of the molecule is CN(C)C(=O)C1=C(c2ccccc2)NN(c2ccccc2-c2ccccc2)S1. The predicted octanol–water partition coefficient (Wildman–Crippen LogP) is 4.78. The van der Waals surface area contributed by atoms with Crippen molar-refractivity contribution in [2.75, 3.05) is 18.5 Å². The first-order valence-electron chi connectivity index (χ1n) is 9.05. The van der Waals surface area contributed by atoms with Crippen LogP contribution in [0.4, 0.5) is 5.69 Å². The van der Waals surface area contributed by atoms with Gasteiger partial charge in [-0.2, -0.15) is 0 Å². The van der Waals surface area contributed by atoms with Crippen molar-refractivity contribution >= 4 is 29.2 Å². The number of amides is 1. The molecule has 140 valence electrons. The van der Waals surface area contributed by atoms with Crippen LogP contribution in [0, 0.1) is 0 Å². The Bertz CT molecular complexity index is 1020. The third kappa shape index (κ3) is 3.49. The van der Waals surface area contributed by atoms with E-state index in [4.69, 9.17) is 0 Å². The van der Waals surface area contributed by atoms with Crippen LogP contribution in [-0.2, 0) is 4.79 Å². The summed E-state index contributed by atoms with van der Waals surface area (Å²) in [4.78, 5) is 15.1. The maximum absolute atomic E-state index is 12.8. The van der Waals surface area contributed by atoms with Gasteiger partial charge in [0.2, 0.25) is 0 Å². The average molecular weight is 388 g/mol. The predicted molar refractivity (Wildman–Crippen MR) is 117 cm³/mol. The quantitative estimate of drug-likeness (QED) is 0.654. The lowest BCUT2D eigenvalue weighted by Gasteiger charge is -2.22. The lowest BCUT2D eigenvalue weighted by atomic mass is 10.0. The van der Waals surface area contributed by atoms with Gasteiger partial charge in [-0.25, -0.2) is 4.41 Å². The maximum Gasteiger partial charge on any atom is 0.263 e. The summed E-state index contributed by atoms with van der Waals surface area (Å²) in [7, 11) is 3.55. The maximum atomic E-state index is 12.8. The summed E-state index contributed by atoms with van der Waals surface area (Å²) in [6.45, 7) is 0. The monoisotopic (exact) mass is 387 g/mol. The number of para-hydroxylation sites is 1. The fraction of sp³-hybridized carbons (Fsp3) is 0.0870. The molecule has 1 aliphatic rings. The highest BCUT2D eigenvalue weighted by molar-refractivity contribution is 8.05. The smallest absolute Gasteiger partial charge is 0.263 e. The molecule has 0 spiro atoms. The molecule has 3 aromatic rings. The molecule has 0 bridgehead atoms. The number of carbonyl (C=O) groups excluding carboxylic acids is 1. The fourth-order valence-electron chi connectivity index (χ4n) is 3.08. The van der Waals surface area contributed by atoms with E-state index in [0.29, 0.717) is 4.91 Å². The number of rotatable bonds is 4. The van der Waals surface area contributed by atoms with Gasteiger partial charge in [0.05, 0.1) is 11.4 Å². The van der Waals surface area contributed by atoms with E-state index in [2.05, 4.69) is 29.7 Å². The van der Waals surface area contributed by atoms with Gasteiger partial charge >= 0.3 is 0 Å². The molecule has 0 fully saturated rings. The van der Waals surface area contributed by atoms with Crippen LogP contribution >= 0.6 is 11.9 Å². The van der Waals surface area contributed by atoms with E-state index in [1.165, 1.54) is 11.9 Å². The van der Waals surface area contributed by atoms with Crippen LogP contribution in [0.5, 0.6) is 0 Å². The Morgan fingerprint density at radius 2 is 1.39 bits per heavy atom. The van der Waals surface area contributed by atoms with Gasteiger partial charge in [0.1, 0.15) is 4.91 Å². The van der Waals surface area contributed by atoms with E-state index in [1.807, 2.05) is 65.1 Å². The zero-order valence-corrected chi connectivity index (χ0v) is 16.6. The summed E-state index contributed by atoms with van der Waals surface area (Å²) in [6.07, 6.45) is 0. The molecule has 4 nitrogen and oxygen atoms in total. The second-order valence-electron chi connectivity index (χ2n) is 6.65. The fourth-order valence-corrected chi connectivity index (χ4v) is 4.18. The van der Waals surface area contributed by atoms with E-state index in [-0.39, 0.29) is 5.91 Å². The van der Waals surface area contributed by atoms with Gasteiger partial charge < -0.3 is 4.90 Å². The van der Waals surface area contributed by atoms with Gasteiger partial charge in [-0.3, -0.25) is 10.2 Å². The second-order valence-corrected chi connectivity index (χ2v) is 7.61. The number of nitrogens with one attached hydrogen (secondary N) is 1. The van der Waals surface area contributed by atoms with E-state index < -0.39 is 0 Å². The van der Waals surface area contributed by atoms with Crippen LogP contribution in [0.2, 0.25) is 0 Å². The Hall–Kier alpha value is -3.18. The molecule has 1 aliphatic heterocycles. The number of hydrogen-bond donors (Lipinski definition) is 1. The van der Waals surface area contributed by atoms with Gasteiger partial charge in [0, 0.05) is 37.2 Å². The second kappa shape index (κ2) is 7.82. The standard InChI is InChI=1S/C23H21N3OS/c1-25(2)23(27)22-21(18-13-7-4-8-14-18)24-26(28-22)20-16-10-9-15-19(20)17-11-5-3-6-12-17/h3-16,24H,1-2H3. The molecule has 0 atom stereocenters. The largest absolute Gasteiger partial charge is 0.344 e. The van der Waals surface area contributed by atoms with E-state index in [9.17, 15) is 4.79 Å². The van der Waals surface area contributed by atoms with Crippen molar-refractivity contribution in [2.45, 2.75) is 0 Å². The first-order valence-corrected chi connectivity index (χ1v) is 9.83. The Morgan fingerprint density at radius 3 is 2.04 bits per heavy atom. The van der Waals surface area contributed by atoms with Gasteiger partial charge in [-0.1, -0.05) is 78.9 Å². The molecule has 0 unspecified atom stereocenters. The average Bonchev–Trinajstić information content (AvgIpc) is 3.19. The molecule has 3 aromatic carbocycles. The molecule has 0 radical (unpaired) electrons. The summed E-state index contributed by atoms with van der Waals surface area (Å²) in [5, 5.41) is 0. The Morgan fingerprint density at radius 1 is 0.821 bits per heavy atom. The minimum absolute atomic E-state index is 0.0176. The Balaban J connectivity index is 1.75. The van der Waals surface area contributed by atoms with Crippen molar-refractivity contribution in [1.82, 2.24) is 10.3 Å². The van der Waals surface area contributed by atoms with Crippen molar-refractivity contribution in [1.29, 1.82) is 0 Å². The molecule has 28 heavy (non-hydrogen) atoms. The number of likely N-dealkylation sites (N-methyl/N-ethyl adjacent to an activating group) is 1. The van der Waals surface area contributed by atoms with Crippen LogP contribution in [0.1, 0.15) is 5.56 Å². The molecule has 1 N–H and O–H groups in total. The van der Waals surface area contributed by atoms with Gasteiger partial charge in [-0.05, 0) is 11.6 Å². The first kappa shape index (κ1) is 18.2. The van der Waals surface area contributed by atoms with E-state index in [0.717, 1.165) is 28.1 Å². The molecular formula is C23H21N3OS. The zero-order valence-electron chi connectivity index (χ0n) is 15.8. The Kier molecular flexibility index (Phi) is 5.08. The van der Waals surface area contributed by atoms with E-state index >= 15 is 0 Å². The summed E-state index contributed by atoms with van der Waals surface area (Å²) in [5.41, 5.74) is 8.51. The molecule has 5 heteroatoms. The van der Waals surface area contributed by atoms with Gasteiger partial charge in [0.15, 0.2) is 0 Å². The molecule has 0 aliphatic carbocycles. The number of hydrogen-bond acceptors (Lipinski definition) is 4. The summed E-state index contributed by atoms with van der Waals surface area (Å²) >= 11 is 1.42. The lowest BCUT2D eigenvalue weighted by Crippen LogP contribution is -2.26. The van der Waals surface area contributed by atoms with Crippen LogP contribution < -0.4 is 9.84 Å². The molecule has 4 rings (SSSR count). The van der Waals surface area contributed by atoms with Crippen LogP contribution in [0.15, 0.2) is 89.8 Å². The van der Waals surface area contributed by atoms with Gasteiger partial charge in [0.25, 0.3) is 5.91 Å². The lowest BCUT2D eigenvalue weighted by molar-refractivity contribution is -0.123. The Labute approximate surface area is 169 Å². The van der Waals surface area contributed by atoms with Crippen LogP contribution in [0.3, 0.4) is 0 Å². The third-order valence-electron chi connectivity index (χ3n) is 4.49. The minimum Gasteiger partial charge on any atom is -0.344 e. The normalized spacial score (nSPS) is 13.4. The number of hydrazine groups is 1. The van der Waals surface area contributed by atoms with E-state index in [1.54, 1.807) is 19.0 Å². The number of nitrogens with zero attached hydrogens (tertiary/aromatic N) is 2. The highest BCUT2D eigenvalue weighted by atomic mass is 32.2. The summed E-state index contributed by atoms with van der Waals surface area (Å²) < 4.78 is 1.97. The summed E-state index contributed by atoms with van der Waals surface area (Å²) in [6, 6.07) is 28.4. The van der Waals surface area contributed by atoms with Crippen LogP contribution in [0.25, 0.3) is 16.8 Å². The molecule has 1 amide bonds. The number of carbonyl (C=O) groups is 1. The molecular weight excluding hydrogens is 366 g/mol. The first-order chi connectivity index (χ1) is 13.6. The molecule has 0 saturated carbocycles. The van der Waals surface area contributed by atoms with Crippen molar-refractivity contribution < 1.29 is 4.79 Å².